The highest BCUT2D eigenvalue weighted by Gasteiger charge is 2.50. The highest BCUT2D eigenvalue weighted by molar-refractivity contribution is 6.09. The summed E-state index contributed by atoms with van der Waals surface area (Å²) in [5.74, 6) is 0. The van der Waals surface area contributed by atoms with Gasteiger partial charge in [0.25, 0.3) is 0 Å². The van der Waals surface area contributed by atoms with Gasteiger partial charge in [0.2, 0.25) is 0 Å². The van der Waals surface area contributed by atoms with Crippen molar-refractivity contribution in [3.05, 3.63) is 48.5 Å². The summed E-state index contributed by atoms with van der Waals surface area (Å²) in [7, 11) is 0. The highest BCUT2D eigenvalue weighted by Crippen LogP contribution is 2.55. The van der Waals surface area contributed by atoms with Gasteiger partial charge in [-0.2, -0.15) is 0 Å². The van der Waals surface area contributed by atoms with Gasteiger partial charge < -0.3 is 9.32 Å². The van der Waals surface area contributed by atoms with Crippen LogP contribution in [-0.4, -0.2) is 5.54 Å². The molecule has 0 unspecified atom stereocenters. The van der Waals surface area contributed by atoms with Crippen LogP contribution in [0.15, 0.2) is 40.8 Å². The number of furan rings is 1. The summed E-state index contributed by atoms with van der Waals surface area (Å²) in [4.78, 5) is 2.43. The van der Waals surface area contributed by atoms with E-state index in [1.807, 2.05) is 6.07 Å². The number of anilines is 1. The zero-order valence-electron chi connectivity index (χ0n) is 16.1. The van der Waals surface area contributed by atoms with Crippen LogP contribution in [0.1, 0.15) is 57.9 Å². The number of hydrogen-bond donors (Lipinski definition) is 0. The van der Waals surface area contributed by atoms with Crippen LogP contribution in [0.3, 0.4) is 0 Å². The first kappa shape index (κ1) is 16.2. The van der Waals surface area contributed by atoms with Crippen LogP contribution in [0.5, 0.6) is 0 Å². The van der Waals surface area contributed by atoms with Crippen molar-refractivity contribution in [1.29, 1.82) is 0 Å². The van der Waals surface area contributed by atoms with Gasteiger partial charge in [-0.25, -0.2) is 0 Å². The maximum absolute atomic E-state index is 6.36. The third-order valence-corrected chi connectivity index (χ3v) is 6.48. The van der Waals surface area contributed by atoms with E-state index < -0.39 is 0 Å². The lowest BCUT2D eigenvalue weighted by molar-refractivity contribution is 0.225. The molecule has 2 aromatic carbocycles. The molecule has 1 saturated heterocycles. The topological polar surface area (TPSA) is 16.4 Å². The van der Waals surface area contributed by atoms with E-state index in [-0.39, 0.29) is 11.0 Å². The lowest BCUT2D eigenvalue weighted by atomic mass is 9.71. The molecule has 1 aliphatic heterocycles. The van der Waals surface area contributed by atoms with Gasteiger partial charge in [0, 0.05) is 21.7 Å². The lowest BCUT2D eigenvalue weighted by Crippen LogP contribution is -2.36. The predicted octanol–water partition coefficient (Wildman–Crippen LogP) is 6.87. The maximum Gasteiger partial charge on any atom is 0.159 e. The minimum atomic E-state index is 0.0648. The summed E-state index contributed by atoms with van der Waals surface area (Å²) >= 11 is 0. The molecule has 2 heteroatoms. The third-order valence-electron chi connectivity index (χ3n) is 6.48. The van der Waals surface area contributed by atoms with Crippen molar-refractivity contribution in [1.82, 2.24) is 0 Å². The third kappa shape index (κ3) is 2.31. The number of aryl methyl sites for hydroxylation is 1. The van der Waals surface area contributed by atoms with E-state index in [9.17, 15) is 0 Å². The van der Waals surface area contributed by atoms with Gasteiger partial charge >= 0.3 is 0 Å². The van der Waals surface area contributed by atoms with Crippen LogP contribution in [0.2, 0.25) is 0 Å². The summed E-state index contributed by atoms with van der Waals surface area (Å²) < 4.78 is 6.36. The average molecular weight is 345 g/mol. The quantitative estimate of drug-likeness (QED) is 0.478. The smallest absolute Gasteiger partial charge is 0.159 e. The Morgan fingerprint density at radius 2 is 1.73 bits per heavy atom. The number of fused-ring (bicyclic) bond motifs is 3. The van der Waals surface area contributed by atoms with Crippen molar-refractivity contribution >= 4 is 27.6 Å². The fourth-order valence-electron chi connectivity index (χ4n) is 5.36. The Kier molecular flexibility index (Phi) is 3.44. The Hall–Kier alpha value is -1.96. The molecular formula is C24H27NO. The van der Waals surface area contributed by atoms with Crippen molar-refractivity contribution in [3.8, 4) is 0 Å². The van der Waals surface area contributed by atoms with Crippen LogP contribution < -0.4 is 4.90 Å². The van der Waals surface area contributed by atoms with Crippen molar-refractivity contribution in [2.45, 2.75) is 64.8 Å². The van der Waals surface area contributed by atoms with E-state index in [4.69, 9.17) is 4.42 Å². The maximum atomic E-state index is 6.36. The van der Waals surface area contributed by atoms with Gasteiger partial charge in [0.15, 0.2) is 5.58 Å². The fourth-order valence-corrected chi connectivity index (χ4v) is 5.36. The zero-order valence-corrected chi connectivity index (χ0v) is 16.1. The van der Waals surface area contributed by atoms with Gasteiger partial charge in [-0.15, -0.1) is 0 Å². The van der Waals surface area contributed by atoms with E-state index in [1.54, 1.807) is 0 Å². The van der Waals surface area contributed by atoms with Crippen molar-refractivity contribution in [2.24, 2.45) is 5.41 Å². The molecule has 0 atom stereocenters. The minimum absolute atomic E-state index is 0.0648. The van der Waals surface area contributed by atoms with E-state index in [1.165, 1.54) is 60.5 Å². The monoisotopic (exact) mass is 345 g/mol. The molecule has 2 aliphatic rings. The molecule has 5 rings (SSSR count). The number of rotatable bonds is 1. The average Bonchev–Trinajstić information content (AvgIpc) is 3.10. The molecule has 2 radical (unpaired) electrons. The molecule has 1 spiro atoms. The summed E-state index contributed by atoms with van der Waals surface area (Å²) in [6.07, 6.45) is 7.80. The molecule has 2 heterocycles. The molecule has 26 heavy (non-hydrogen) atoms. The standard InChI is InChI=1S/C24H27NO/c1-17-11-12-19-18-9-5-6-10-20(18)26-22(19)21(17)25-16-24(15-23(25,2)3)13-7-4-8-14-24/h5-6,9-12H,4,7-8,13-15H2,1-3H3. The molecule has 1 saturated carbocycles. The van der Waals surface area contributed by atoms with Crippen molar-refractivity contribution < 1.29 is 4.42 Å². The molecule has 0 bridgehead atoms. The molecule has 2 nitrogen and oxygen atoms in total. The van der Waals surface area contributed by atoms with E-state index >= 15 is 0 Å². The fraction of sp³-hybridized carbons (Fsp3) is 0.458. The molecule has 0 N–H and O–H groups in total. The van der Waals surface area contributed by atoms with Gasteiger partial charge in [0.1, 0.15) is 5.58 Å². The largest absolute Gasteiger partial charge is 0.454 e. The second kappa shape index (κ2) is 5.52. The van der Waals surface area contributed by atoms with Crippen molar-refractivity contribution in [2.75, 3.05) is 4.90 Å². The van der Waals surface area contributed by atoms with Crippen LogP contribution >= 0.6 is 0 Å². The first-order valence-electron chi connectivity index (χ1n) is 9.98. The van der Waals surface area contributed by atoms with E-state index in [0.717, 1.165) is 11.2 Å². The molecule has 3 aromatic rings. The van der Waals surface area contributed by atoms with Crippen molar-refractivity contribution in [3.63, 3.8) is 0 Å². The highest BCUT2D eigenvalue weighted by atomic mass is 16.3. The van der Waals surface area contributed by atoms with Gasteiger partial charge in [-0.3, -0.25) is 0 Å². The van der Waals surface area contributed by atoms with Gasteiger partial charge in [0.05, 0.1) is 12.2 Å². The minimum Gasteiger partial charge on any atom is -0.454 e. The summed E-state index contributed by atoms with van der Waals surface area (Å²) in [5.41, 5.74) is 4.78. The molecular weight excluding hydrogens is 318 g/mol. The first-order chi connectivity index (χ1) is 12.5. The molecule has 2 fully saturated rings. The molecule has 1 aromatic heterocycles. The Balaban J connectivity index is 1.69. The van der Waals surface area contributed by atoms with Crippen LogP contribution in [0.4, 0.5) is 5.69 Å². The molecule has 1 aliphatic carbocycles. The number of para-hydroxylation sites is 1. The SMILES string of the molecule is Cc1ccc2c(oc3ccccc32)c1N1[C]C2(CCCCC2)CC1(C)C. The molecule has 0 amide bonds. The van der Waals surface area contributed by atoms with E-state index in [0.29, 0.717) is 0 Å². The number of benzene rings is 2. The normalized spacial score (nSPS) is 21.9. The Morgan fingerprint density at radius 3 is 2.54 bits per heavy atom. The zero-order chi connectivity index (χ0) is 17.9. The second-order valence-corrected chi connectivity index (χ2v) is 8.98. The van der Waals surface area contributed by atoms with E-state index in [2.05, 4.69) is 62.5 Å². The Bertz CT molecular complexity index is 974. The summed E-state index contributed by atoms with van der Waals surface area (Å²) in [5, 5.41) is 2.41. The number of nitrogens with zero attached hydrogens (tertiary/aromatic N) is 1. The summed E-state index contributed by atoms with van der Waals surface area (Å²) in [6.45, 7) is 10.9. The lowest BCUT2D eigenvalue weighted by Gasteiger charge is -2.33. The Morgan fingerprint density at radius 1 is 0.962 bits per heavy atom. The van der Waals surface area contributed by atoms with Crippen LogP contribution in [-0.2, 0) is 0 Å². The van der Waals surface area contributed by atoms with Crippen LogP contribution in [0, 0.1) is 18.9 Å². The van der Waals surface area contributed by atoms with Crippen LogP contribution in [0.25, 0.3) is 21.9 Å². The first-order valence-corrected chi connectivity index (χ1v) is 9.98. The number of hydrogen-bond acceptors (Lipinski definition) is 2. The van der Waals surface area contributed by atoms with Gasteiger partial charge in [-0.05, 0) is 51.7 Å². The predicted molar refractivity (Wildman–Crippen MR) is 108 cm³/mol. The van der Waals surface area contributed by atoms with Gasteiger partial charge in [-0.1, -0.05) is 49.6 Å². The molecule has 134 valence electrons. The second-order valence-electron chi connectivity index (χ2n) is 8.98. The summed E-state index contributed by atoms with van der Waals surface area (Å²) in [6, 6.07) is 12.8. The Labute approximate surface area is 156 Å².